The van der Waals surface area contributed by atoms with E-state index >= 15 is 0 Å². The second-order valence-electron chi connectivity index (χ2n) is 1.64. The highest BCUT2D eigenvalue weighted by molar-refractivity contribution is 5.91. The van der Waals surface area contributed by atoms with Crippen LogP contribution in [0.5, 0.6) is 0 Å². The van der Waals surface area contributed by atoms with Crippen molar-refractivity contribution in [2.45, 2.75) is 6.42 Å². The van der Waals surface area contributed by atoms with Gasteiger partial charge in [-0.1, -0.05) is 0 Å². The molecule has 3 N–H and O–H groups in total. The predicted molar refractivity (Wildman–Crippen MR) is 28.6 cm³/mol. The van der Waals surface area contributed by atoms with Gasteiger partial charge in [-0.05, 0) is 6.42 Å². The molecule has 0 aromatic rings. The van der Waals surface area contributed by atoms with Crippen molar-refractivity contribution in [2.75, 3.05) is 6.54 Å². The number of primary amides is 1. The third-order valence-corrected chi connectivity index (χ3v) is 1.04. The molecule has 0 saturated heterocycles. The minimum atomic E-state index is -0.366. The first kappa shape index (κ1) is 5.15. The molecule has 1 radical (unpaired) electrons. The number of hydrogen-bond donors (Lipinski definition) is 2. The summed E-state index contributed by atoms with van der Waals surface area (Å²) in [4.78, 5) is 10.3. The fraction of sp³-hybridized carbons (Fsp3) is 0.400. The Labute approximate surface area is 47.6 Å². The molecular weight excluding hydrogens is 104 g/mol. The van der Waals surface area contributed by atoms with Crippen LogP contribution in [0.4, 0.5) is 0 Å². The normalized spacial score (nSPS) is 17.2. The van der Waals surface area contributed by atoms with Crippen LogP contribution in [0.1, 0.15) is 6.42 Å². The number of nitrogens with one attached hydrogen (secondary N) is 1. The van der Waals surface area contributed by atoms with Crippen molar-refractivity contribution in [3.8, 4) is 0 Å². The van der Waals surface area contributed by atoms with Gasteiger partial charge in [0, 0.05) is 12.1 Å². The van der Waals surface area contributed by atoms with Crippen LogP contribution in [0.3, 0.4) is 0 Å². The van der Waals surface area contributed by atoms with Gasteiger partial charge in [0.1, 0.15) is 0 Å². The van der Waals surface area contributed by atoms with Crippen LogP contribution < -0.4 is 11.1 Å². The predicted octanol–water partition coefficient (Wildman–Crippen LogP) is -0.848. The molecule has 8 heavy (non-hydrogen) atoms. The number of rotatable bonds is 1. The molecule has 0 aromatic heterocycles. The summed E-state index contributed by atoms with van der Waals surface area (Å²) in [5.74, 6) is -0.366. The van der Waals surface area contributed by atoms with Crippen molar-refractivity contribution in [1.82, 2.24) is 5.32 Å². The third kappa shape index (κ3) is 0.804. The molecule has 0 atom stereocenters. The second kappa shape index (κ2) is 1.86. The number of nitrogens with two attached hydrogens (primary N) is 1. The van der Waals surface area contributed by atoms with Crippen LogP contribution in [-0.2, 0) is 4.79 Å². The smallest absolute Gasteiger partial charge is 0.246 e. The largest absolute Gasteiger partial charge is 0.383 e. The van der Waals surface area contributed by atoms with Gasteiger partial charge >= 0.3 is 0 Å². The van der Waals surface area contributed by atoms with E-state index in [9.17, 15) is 4.79 Å². The van der Waals surface area contributed by atoms with E-state index in [0.29, 0.717) is 5.57 Å². The van der Waals surface area contributed by atoms with Crippen molar-refractivity contribution >= 4 is 5.91 Å². The van der Waals surface area contributed by atoms with E-state index < -0.39 is 0 Å². The summed E-state index contributed by atoms with van der Waals surface area (Å²) in [6, 6.07) is 0. The third-order valence-electron chi connectivity index (χ3n) is 1.04. The number of amides is 1. The molecule has 0 aliphatic carbocycles. The molecule has 1 amide bonds. The minimum Gasteiger partial charge on any atom is -0.383 e. The first-order chi connectivity index (χ1) is 3.80. The van der Waals surface area contributed by atoms with Crippen molar-refractivity contribution < 1.29 is 4.79 Å². The lowest BCUT2D eigenvalue weighted by Crippen LogP contribution is -2.12. The van der Waals surface area contributed by atoms with Gasteiger partial charge in [0.15, 0.2) is 0 Å². The van der Waals surface area contributed by atoms with Crippen molar-refractivity contribution in [3.05, 3.63) is 11.8 Å². The lowest BCUT2D eigenvalue weighted by atomic mass is 10.2. The van der Waals surface area contributed by atoms with Crippen LogP contribution in [0.15, 0.2) is 5.57 Å². The van der Waals surface area contributed by atoms with E-state index in [1.807, 2.05) is 0 Å². The molecule has 0 aromatic carbocycles. The lowest BCUT2D eigenvalue weighted by molar-refractivity contribution is -0.114. The molecule has 3 nitrogen and oxygen atoms in total. The fourth-order valence-corrected chi connectivity index (χ4v) is 0.604. The Kier molecular flexibility index (Phi) is 1.20. The van der Waals surface area contributed by atoms with Crippen LogP contribution in [-0.4, -0.2) is 12.5 Å². The zero-order chi connectivity index (χ0) is 5.98. The molecule has 1 aliphatic heterocycles. The molecular formula is C5H7N2O. The van der Waals surface area contributed by atoms with Crippen LogP contribution in [0.2, 0.25) is 0 Å². The molecule has 43 valence electrons. The molecule has 0 bridgehead atoms. The SMILES string of the molecule is NC(=O)C1=[C]NCC1. The Bertz CT molecular complexity index is 139. The second-order valence-corrected chi connectivity index (χ2v) is 1.64. The zero-order valence-electron chi connectivity index (χ0n) is 4.40. The van der Waals surface area contributed by atoms with Gasteiger partial charge in [-0.2, -0.15) is 0 Å². The molecule has 0 saturated carbocycles. The van der Waals surface area contributed by atoms with E-state index in [0.717, 1.165) is 13.0 Å². The maximum Gasteiger partial charge on any atom is 0.246 e. The number of carbonyl (C=O) groups excluding carboxylic acids is 1. The summed E-state index contributed by atoms with van der Waals surface area (Å²) in [6.07, 6.45) is 3.37. The number of hydrogen-bond acceptors (Lipinski definition) is 2. The van der Waals surface area contributed by atoms with E-state index in [1.54, 1.807) is 0 Å². The Hall–Kier alpha value is -0.990. The average Bonchev–Trinajstić information content (AvgIpc) is 2.12. The summed E-state index contributed by atoms with van der Waals surface area (Å²) < 4.78 is 0. The van der Waals surface area contributed by atoms with Gasteiger partial charge in [0.05, 0.1) is 6.20 Å². The van der Waals surface area contributed by atoms with Gasteiger partial charge in [-0.15, -0.1) is 0 Å². The molecule has 1 heterocycles. The van der Waals surface area contributed by atoms with Crippen molar-refractivity contribution in [2.24, 2.45) is 5.73 Å². The number of carbonyl (C=O) groups is 1. The van der Waals surface area contributed by atoms with E-state index in [2.05, 4.69) is 11.5 Å². The molecule has 0 fully saturated rings. The Morgan fingerprint density at radius 3 is 2.88 bits per heavy atom. The van der Waals surface area contributed by atoms with Gasteiger partial charge in [-0.3, -0.25) is 4.79 Å². The van der Waals surface area contributed by atoms with Gasteiger partial charge in [-0.25, -0.2) is 0 Å². The van der Waals surface area contributed by atoms with Crippen LogP contribution in [0, 0.1) is 6.20 Å². The summed E-state index contributed by atoms with van der Waals surface area (Å²) >= 11 is 0. The highest BCUT2D eigenvalue weighted by atomic mass is 16.1. The zero-order valence-corrected chi connectivity index (χ0v) is 4.40. The van der Waals surface area contributed by atoms with Gasteiger partial charge in [0.2, 0.25) is 5.91 Å². The fourth-order valence-electron chi connectivity index (χ4n) is 0.604. The molecule has 1 aliphatic rings. The summed E-state index contributed by atoms with van der Waals surface area (Å²) in [5, 5.41) is 2.77. The van der Waals surface area contributed by atoms with E-state index in [-0.39, 0.29) is 5.91 Å². The van der Waals surface area contributed by atoms with Gasteiger partial charge < -0.3 is 11.1 Å². The molecule has 3 heteroatoms. The van der Waals surface area contributed by atoms with E-state index in [4.69, 9.17) is 5.73 Å². The monoisotopic (exact) mass is 111 g/mol. The molecule has 0 unspecified atom stereocenters. The minimum absolute atomic E-state index is 0.366. The highest BCUT2D eigenvalue weighted by Gasteiger charge is 2.08. The van der Waals surface area contributed by atoms with Crippen molar-refractivity contribution in [3.63, 3.8) is 0 Å². The summed E-state index contributed by atoms with van der Waals surface area (Å²) in [5.41, 5.74) is 5.49. The van der Waals surface area contributed by atoms with Gasteiger partial charge in [0.25, 0.3) is 0 Å². The Morgan fingerprint density at radius 2 is 2.62 bits per heavy atom. The topological polar surface area (TPSA) is 55.1 Å². The van der Waals surface area contributed by atoms with Crippen molar-refractivity contribution in [1.29, 1.82) is 0 Å². The average molecular weight is 111 g/mol. The summed E-state index contributed by atoms with van der Waals surface area (Å²) in [6.45, 7) is 0.790. The Balaban J connectivity index is 2.57. The summed E-state index contributed by atoms with van der Waals surface area (Å²) in [7, 11) is 0. The van der Waals surface area contributed by atoms with E-state index in [1.165, 1.54) is 0 Å². The molecule has 1 rings (SSSR count). The lowest BCUT2D eigenvalue weighted by Gasteiger charge is -1.86. The first-order valence-electron chi connectivity index (χ1n) is 2.45. The maximum atomic E-state index is 10.3. The first-order valence-corrected chi connectivity index (χ1v) is 2.45. The maximum absolute atomic E-state index is 10.3. The standard InChI is InChI=1S/C5H7N2O/c6-5(8)4-1-2-7-3-4/h7H,1-2H2,(H2,6,8). The van der Waals surface area contributed by atoms with Crippen LogP contribution >= 0.6 is 0 Å². The van der Waals surface area contributed by atoms with Crippen LogP contribution in [0.25, 0.3) is 0 Å². The highest BCUT2D eigenvalue weighted by Crippen LogP contribution is 2.01. The Morgan fingerprint density at radius 1 is 1.88 bits per heavy atom. The quantitative estimate of drug-likeness (QED) is 0.463. The molecule has 0 spiro atoms.